The van der Waals surface area contributed by atoms with Gasteiger partial charge >= 0.3 is 0 Å². The van der Waals surface area contributed by atoms with Crippen LogP contribution in [0.5, 0.6) is 0 Å². The molecule has 0 spiro atoms. The van der Waals surface area contributed by atoms with Gasteiger partial charge in [-0.1, -0.05) is 35.4 Å². The van der Waals surface area contributed by atoms with E-state index in [1.807, 2.05) is 30.3 Å². The zero-order chi connectivity index (χ0) is 12.1. The highest BCUT2D eigenvalue weighted by molar-refractivity contribution is 5.22. The summed E-state index contributed by atoms with van der Waals surface area (Å²) in [5, 5.41) is 14.3. The van der Waals surface area contributed by atoms with Gasteiger partial charge in [0.15, 0.2) is 0 Å². The largest absolute Gasteiger partial charge is 0.353 e. The van der Waals surface area contributed by atoms with Crippen LogP contribution in [-0.2, 0) is 7.05 Å². The second kappa shape index (κ2) is 5.40. The van der Waals surface area contributed by atoms with Crippen molar-refractivity contribution in [2.45, 2.75) is 12.5 Å². The molecular formula is C11H16N6. The Morgan fingerprint density at radius 3 is 2.76 bits per heavy atom. The van der Waals surface area contributed by atoms with E-state index in [1.165, 1.54) is 0 Å². The number of aromatic nitrogens is 4. The van der Waals surface area contributed by atoms with Gasteiger partial charge in [-0.3, -0.25) is 0 Å². The van der Waals surface area contributed by atoms with Crippen molar-refractivity contribution in [3.8, 4) is 0 Å². The van der Waals surface area contributed by atoms with Gasteiger partial charge in [0, 0.05) is 19.6 Å². The molecule has 0 amide bonds. The van der Waals surface area contributed by atoms with Crippen molar-refractivity contribution >= 4 is 5.95 Å². The molecule has 1 atom stereocenters. The molecule has 0 radical (unpaired) electrons. The molecule has 2 aromatic rings. The molecule has 1 unspecified atom stereocenters. The highest BCUT2D eigenvalue weighted by Gasteiger charge is 2.06. The summed E-state index contributed by atoms with van der Waals surface area (Å²) in [6.07, 6.45) is 0.830. The first-order chi connectivity index (χ1) is 8.27. The van der Waals surface area contributed by atoms with Crippen LogP contribution in [-0.4, -0.2) is 26.8 Å². The fourth-order valence-electron chi connectivity index (χ4n) is 1.59. The number of hydrogen-bond acceptors (Lipinski definition) is 5. The van der Waals surface area contributed by atoms with E-state index in [-0.39, 0.29) is 6.04 Å². The molecule has 3 N–H and O–H groups in total. The number of anilines is 1. The Labute approximate surface area is 99.8 Å². The van der Waals surface area contributed by atoms with E-state index < -0.39 is 0 Å². The third-order valence-electron chi connectivity index (χ3n) is 2.59. The molecule has 90 valence electrons. The van der Waals surface area contributed by atoms with Crippen molar-refractivity contribution in [1.29, 1.82) is 0 Å². The lowest BCUT2D eigenvalue weighted by Crippen LogP contribution is -2.16. The van der Waals surface area contributed by atoms with Crippen LogP contribution in [0.25, 0.3) is 0 Å². The fraction of sp³-hybridized carbons (Fsp3) is 0.364. The summed E-state index contributed by atoms with van der Waals surface area (Å²) < 4.78 is 1.59. The van der Waals surface area contributed by atoms with E-state index in [0.29, 0.717) is 5.95 Å². The number of nitrogens with two attached hydrogens (primary N) is 1. The molecule has 1 heterocycles. The molecule has 0 aliphatic rings. The molecule has 0 aliphatic carbocycles. The standard InChI is InChI=1S/C11H16N6/c1-17-11(14-15-16-17)13-8-7-10(12)9-5-3-2-4-6-9/h2-6,10H,7-8,12H2,1H3,(H,13,14,16). The zero-order valence-electron chi connectivity index (χ0n) is 9.74. The lowest BCUT2D eigenvalue weighted by atomic mass is 10.1. The van der Waals surface area contributed by atoms with Crippen molar-refractivity contribution in [2.24, 2.45) is 12.8 Å². The van der Waals surface area contributed by atoms with Gasteiger partial charge in [0.05, 0.1) is 0 Å². The Kier molecular flexibility index (Phi) is 3.66. The summed E-state index contributed by atoms with van der Waals surface area (Å²) in [4.78, 5) is 0. The molecular weight excluding hydrogens is 216 g/mol. The number of hydrogen-bond donors (Lipinski definition) is 2. The fourth-order valence-corrected chi connectivity index (χ4v) is 1.59. The summed E-state index contributed by atoms with van der Waals surface area (Å²) in [6.45, 7) is 0.740. The molecule has 17 heavy (non-hydrogen) atoms. The Balaban J connectivity index is 1.81. The van der Waals surface area contributed by atoms with Gasteiger partial charge in [0.25, 0.3) is 0 Å². The first kappa shape index (κ1) is 11.5. The maximum atomic E-state index is 6.07. The number of benzene rings is 1. The Hall–Kier alpha value is -1.95. The Bertz CT molecular complexity index is 452. The molecule has 1 aromatic carbocycles. The minimum atomic E-state index is 0.0323. The summed E-state index contributed by atoms with van der Waals surface area (Å²) in [7, 11) is 1.79. The van der Waals surface area contributed by atoms with Crippen molar-refractivity contribution < 1.29 is 0 Å². The van der Waals surface area contributed by atoms with Crippen LogP contribution in [0.3, 0.4) is 0 Å². The molecule has 6 heteroatoms. The van der Waals surface area contributed by atoms with Gasteiger partial charge in [-0.25, -0.2) is 4.68 Å². The average molecular weight is 232 g/mol. The van der Waals surface area contributed by atoms with Crippen molar-refractivity contribution in [2.75, 3.05) is 11.9 Å². The maximum absolute atomic E-state index is 6.07. The maximum Gasteiger partial charge on any atom is 0.242 e. The average Bonchev–Trinajstić information content (AvgIpc) is 2.76. The Morgan fingerprint density at radius 2 is 2.12 bits per heavy atom. The van der Waals surface area contributed by atoms with Crippen molar-refractivity contribution in [3.05, 3.63) is 35.9 Å². The minimum absolute atomic E-state index is 0.0323. The van der Waals surface area contributed by atoms with Crippen LogP contribution in [0.15, 0.2) is 30.3 Å². The summed E-state index contributed by atoms with van der Waals surface area (Å²) in [6, 6.07) is 10.1. The highest BCUT2D eigenvalue weighted by atomic mass is 15.6. The molecule has 0 saturated heterocycles. The first-order valence-corrected chi connectivity index (χ1v) is 5.54. The quantitative estimate of drug-likeness (QED) is 0.793. The van der Waals surface area contributed by atoms with Gasteiger partial charge in [-0.2, -0.15) is 0 Å². The summed E-state index contributed by atoms with van der Waals surface area (Å²) in [5.74, 6) is 0.658. The van der Waals surface area contributed by atoms with E-state index in [0.717, 1.165) is 18.5 Å². The predicted molar refractivity (Wildman–Crippen MR) is 65.3 cm³/mol. The molecule has 1 aromatic heterocycles. The van der Waals surface area contributed by atoms with Gasteiger partial charge in [0.1, 0.15) is 0 Å². The van der Waals surface area contributed by atoms with Crippen LogP contribution in [0.2, 0.25) is 0 Å². The second-order valence-corrected chi connectivity index (χ2v) is 3.86. The van der Waals surface area contributed by atoms with E-state index >= 15 is 0 Å². The normalized spacial score (nSPS) is 12.4. The van der Waals surface area contributed by atoms with Gasteiger partial charge in [0.2, 0.25) is 5.95 Å². The topological polar surface area (TPSA) is 81.7 Å². The Morgan fingerprint density at radius 1 is 1.35 bits per heavy atom. The van der Waals surface area contributed by atoms with Gasteiger partial charge in [-0.15, -0.1) is 0 Å². The molecule has 2 rings (SSSR count). The van der Waals surface area contributed by atoms with Crippen LogP contribution < -0.4 is 11.1 Å². The molecule has 0 bridgehead atoms. The third kappa shape index (κ3) is 3.01. The number of tetrazole rings is 1. The minimum Gasteiger partial charge on any atom is -0.353 e. The van der Waals surface area contributed by atoms with Gasteiger partial charge < -0.3 is 11.1 Å². The van der Waals surface area contributed by atoms with Crippen LogP contribution in [0.4, 0.5) is 5.95 Å². The lowest BCUT2D eigenvalue weighted by molar-refractivity contribution is 0.665. The number of nitrogens with zero attached hydrogens (tertiary/aromatic N) is 4. The van der Waals surface area contributed by atoms with E-state index in [2.05, 4.69) is 20.8 Å². The molecule has 6 nitrogen and oxygen atoms in total. The van der Waals surface area contributed by atoms with Crippen molar-refractivity contribution in [3.63, 3.8) is 0 Å². The van der Waals surface area contributed by atoms with Crippen LogP contribution in [0.1, 0.15) is 18.0 Å². The predicted octanol–water partition coefficient (Wildman–Crippen LogP) is 0.712. The van der Waals surface area contributed by atoms with Gasteiger partial charge in [-0.05, 0) is 22.4 Å². The summed E-state index contributed by atoms with van der Waals surface area (Å²) >= 11 is 0. The van der Waals surface area contributed by atoms with E-state index in [9.17, 15) is 0 Å². The SMILES string of the molecule is Cn1nnnc1NCCC(N)c1ccccc1. The molecule has 0 saturated carbocycles. The monoisotopic (exact) mass is 232 g/mol. The number of aryl methyl sites for hydroxylation is 1. The van der Waals surface area contributed by atoms with E-state index in [4.69, 9.17) is 5.73 Å². The second-order valence-electron chi connectivity index (χ2n) is 3.86. The van der Waals surface area contributed by atoms with Crippen molar-refractivity contribution in [1.82, 2.24) is 20.2 Å². The third-order valence-corrected chi connectivity index (χ3v) is 2.59. The van der Waals surface area contributed by atoms with Crippen LogP contribution >= 0.6 is 0 Å². The number of rotatable bonds is 5. The first-order valence-electron chi connectivity index (χ1n) is 5.54. The molecule has 0 aliphatic heterocycles. The van der Waals surface area contributed by atoms with Crippen LogP contribution in [0, 0.1) is 0 Å². The highest BCUT2D eigenvalue weighted by Crippen LogP contribution is 2.12. The summed E-state index contributed by atoms with van der Waals surface area (Å²) in [5.41, 5.74) is 7.22. The smallest absolute Gasteiger partial charge is 0.242 e. The number of nitrogens with one attached hydrogen (secondary N) is 1. The lowest BCUT2D eigenvalue weighted by Gasteiger charge is -2.12. The van der Waals surface area contributed by atoms with E-state index in [1.54, 1.807) is 11.7 Å². The molecule has 0 fully saturated rings. The zero-order valence-corrected chi connectivity index (χ0v) is 9.74.